The summed E-state index contributed by atoms with van der Waals surface area (Å²) in [5, 5.41) is 14.5. The number of carboxylic acids is 1. The van der Waals surface area contributed by atoms with Crippen LogP contribution in [0.4, 0.5) is 0 Å². The van der Waals surface area contributed by atoms with Gasteiger partial charge in [-0.25, -0.2) is 0 Å². The first-order valence-electron chi connectivity index (χ1n) is 6.07. The molecule has 0 aliphatic rings. The first-order chi connectivity index (χ1) is 7.81. The number of carbonyl (C=O) groups excluding carboxylic acids is 1. The summed E-state index contributed by atoms with van der Waals surface area (Å²) in [6.07, 6.45) is 1.36. The van der Waals surface area contributed by atoms with Crippen LogP contribution in [0, 0.1) is 5.92 Å². The molecule has 0 radical (unpaired) electrons. The third kappa shape index (κ3) is 6.26. The Morgan fingerprint density at radius 3 is 2.35 bits per heavy atom. The summed E-state index contributed by atoms with van der Waals surface area (Å²) in [7, 11) is 0. The lowest BCUT2D eigenvalue weighted by Crippen LogP contribution is -2.52. The van der Waals surface area contributed by atoms with E-state index in [0.717, 1.165) is 6.42 Å². The molecule has 17 heavy (non-hydrogen) atoms. The van der Waals surface area contributed by atoms with Crippen LogP contribution in [0.2, 0.25) is 0 Å². The molecule has 3 N–H and O–H groups in total. The average molecular weight is 244 g/mol. The van der Waals surface area contributed by atoms with Crippen LogP contribution in [0.15, 0.2) is 0 Å². The Labute approximate surface area is 103 Å². The Bertz CT molecular complexity index is 266. The maximum atomic E-state index is 11.4. The zero-order valence-electron chi connectivity index (χ0n) is 11.2. The van der Waals surface area contributed by atoms with Crippen molar-refractivity contribution in [1.29, 1.82) is 0 Å². The van der Waals surface area contributed by atoms with Gasteiger partial charge in [-0.3, -0.25) is 14.9 Å². The van der Waals surface area contributed by atoms with E-state index in [1.165, 1.54) is 0 Å². The molecule has 0 aromatic rings. The molecule has 1 atom stereocenters. The van der Waals surface area contributed by atoms with Crippen molar-refractivity contribution in [2.75, 3.05) is 13.1 Å². The van der Waals surface area contributed by atoms with Gasteiger partial charge in [0, 0.05) is 6.54 Å². The number of aliphatic carboxylic acids is 1. The molecule has 1 unspecified atom stereocenters. The number of hydrogen-bond acceptors (Lipinski definition) is 3. The van der Waals surface area contributed by atoms with Crippen LogP contribution in [0.5, 0.6) is 0 Å². The van der Waals surface area contributed by atoms with Gasteiger partial charge >= 0.3 is 5.97 Å². The number of rotatable bonds is 8. The Balaban J connectivity index is 3.94. The van der Waals surface area contributed by atoms with Gasteiger partial charge in [-0.05, 0) is 25.7 Å². The van der Waals surface area contributed by atoms with Gasteiger partial charge in [0.25, 0.3) is 0 Å². The summed E-state index contributed by atoms with van der Waals surface area (Å²) < 4.78 is 0. The van der Waals surface area contributed by atoms with Gasteiger partial charge in [-0.1, -0.05) is 20.8 Å². The van der Waals surface area contributed by atoms with Crippen molar-refractivity contribution in [3.8, 4) is 0 Å². The van der Waals surface area contributed by atoms with Gasteiger partial charge in [0.05, 0.1) is 6.54 Å². The van der Waals surface area contributed by atoms with Gasteiger partial charge in [0.1, 0.15) is 5.54 Å². The van der Waals surface area contributed by atoms with E-state index in [9.17, 15) is 9.59 Å². The van der Waals surface area contributed by atoms with Crippen molar-refractivity contribution >= 4 is 11.9 Å². The minimum atomic E-state index is -1.03. The second-order valence-electron chi connectivity index (χ2n) is 4.88. The normalized spacial score (nSPS) is 14.4. The molecule has 1 amide bonds. The maximum Gasteiger partial charge on any atom is 0.323 e. The molecule has 0 bridgehead atoms. The first-order valence-corrected chi connectivity index (χ1v) is 6.07. The number of carboxylic acid groups (broad SMARTS) is 1. The van der Waals surface area contributed by atoms with Crippen LogP contribution in [0.1, 0.15) is 40.5 Å². The zero-order valence-corrected chi connectivity index (χ0v) is 11.2. The standard InChI is InChI=1S/C12H24N2O3/c1-5-12(4,11(16)17)14-8-10(15)13-7-6-9(2)3/h9,14H,5-8H2,1-4H3,(H,13,15)(H,16,17). The van der Waals surface area contributed by atoms with E-state index in [-0.39, 0.29) is 12.5 Å². The van der Waals surface area contributed by atoms with Crippen LogP contribution < -0.4 is 10.6 Å². The highest BCUT2D eigenvalue weighted by Gasteiger charge is 2.30. The number of carbonyl (C=O) groups is 2. The Hall–Kier alpha value is -1.10. The quantitative estimate of drug-likeness (QED) is 0.595. The molecule has 0 saturated carbocycles. The lowest BCUT2D eigenvalue weighted by atomic mass is 9.99. The van der Waals surface area contributed by atoms with Gasteiger partial charge in [0.15, 0.2) is 0 Å². The fourth-order valence-corrected chi connectivity index (χ4v) is 1.19. The van der Waals surface area contributed by atoms with Gasteiger partial charge in [0.2, 0.25) is 5.91 Å². The lowest BCUT2D eigenvalue weighted by molar-refractivity contribution is -0.144. The van der Waals surface area contributed by atoms with Crippen molar-refractivity contribution in [3.05, 3.63) is 0 Å². The van der Waals surface area contributed by atoms with E-state index >= 15 is 0 Å². The molecule has 0 spiro atoms. The molecule has 0 fully saturated rings. The van der Waals surface area contributed by atoms with Gasteiger partial charge in [-0.2, -0.15) is 0 Å². The molecule has 5 nitrogen and oxygen atoms in total. The third-order valence-corrected chi connectivity index (χ3v) is 2.86. The highest BCUT2D eigenvalue weighted by atomic mass is 16.4. The van der Waals surface area contributed by atoms with E-state index in [1.54, 1.807) is 13.8 Å². The van der Waals surface area contributed by atoms with E-state index in [2.05, 4.69) is 24.5 Å². The minimum Gasteiger partial charge on any atom is -0.480 e. The first kappa shape index (κ1) is 15.9. The van der Waals surface area contributed by atoms with E-state index in [1.807, 2.05) is 0 Å². The van der Waals surface area contributed by atoms with E-state index in [4.69, 9.17) is 5.11 Å². The molecule has 0 aromatic carbocycles. The van der Waals surface area contributed by atoms with Crippen LogP contribution in [0.3, 0.4) is 0 Å². The van der Waals surface area contributed by atoms with E-state index < -0.39 is 11.5 Å². The second-order valence-corrected chi connectivity index (χ2v) is 4.88. The summed E-state index contributed by atoms with van der Waals surface area (Å²) in [6.45, 7) is 8.20. The van der Waals surface area contributed by atoms with Crippen molar-refractivity contribution in [2.24, 2.45) is 5.92 Å². The summed E-state index contributed by atoms with van der Waals surface area (Å²) in [5.74, 6) is -0.551. The number of nitrogens with one attached hydrogen (secondary N) is 2. The van der Waals surface area contributed by atoms with Crippen molar-refractivity contribution in [3.63, 3.8) is 0 Å². The Morgan fingerprint density at radius 2 is 1.94 bits per heavy atom. The Kier molecular flexibility index (Phi) is 6.80. The largest absolute Gasteiger partial charge is 0.480 e. The molecule has 5 heteroatoms. The summed E-state index contributed by atoms with van der Waals surface area (Å²) in [4.78, 5) is 22.4. The van der Waals surface area contributed by atoms with Crippen molar-refractivity contribution < 1.29 is 14.7 Å². The van der Waals surface area contributed by atoms with Gasteiger partial charge < -0.3 is 10.4 Å². The number of hydrogen-bond donors (Lipinski definition) is 3. The Morgan fingerprint density at radius 1 is 1.35 bits per heavy atom. The molecule has 0 heterocycles. The van der Waals surface area contributed by atoms with Crippen LogP contribution >= 0.6 is 0 Å². The molecule has 0 aliphatic carbocycles. The smallest absolute Gasteiger partial charge is 0.323 e. The predicted octanol–water partition coefficient (Wildman–Crippen LogP) is 0.992. The fraction of sp³-hybridized carbons (Fsp3) is 0.833. The SMILES string of the molecule is CCC(C)(NCC(=O)NCCC(C)C)C(=O)O. The molecule has 100 valence electrons. The van der Waals surface area contributed by atoms with Crippen LogP contribution in [-0.2, 0) is 9.59 Å². The fourth-order valence-electron chi connectivity index (χ4n) is 1.19. The van der Waals surface area contributed by atoms with Crippen molar-refractivity contribution in [1.82, 2.24) is 10.6 Å². The van der Waals surface area contributed by atoms with Crippen molar-refractivity contribution in [2.45, 2.75) is 46.1 Å². The summed E-state index contributed by atoms with van der Waals surface area (Å²) >= 11 is 0. The average Bonchev–Trinajstić information content (AvgIpc) is 2.25. The van der Waals surface area contributed by atoms with Crippen LogP contribution in [0.25, 0.3) is 0 Å². The molecular weight excluding hydrogens is 220 g/mol. The maximum absolute atomic E-state index is 11.4. The molecule has 0 aromatic heterocycles. The molecule has 0 rings (SSSR count). The topological polar surface area (TPSA) is 78.4 Å². The highest BCUT2D eigenvalue weighted by molar-refractivity contribution is 5.81. The highest BCUT2D eigenvalue weighted by Crippen LogP contribution is 2.08. The monoisotopic (exact) mass is 244 g/mol. The molecule has 0 saturated heterocycles. The predicted molar refractivity (Wildman–Crippen MR) is 66.8 cm³/mol. The minimum absolute atomic E-state index is 0.0364. The molecule has 0 aliphatic heterocycles. The lowest BCUT2D eigenvalue weighted by Gasteiger charge is -2.24. The van der Waals surface area contributed by atoms with Crippen LogP contribution in [-0.4, -0.2) is 35.6 Å². The van der Waals surface area contributed by atoms with Gasteiger partial charge in [-0.15, -0.1) is 0 Å². The zero-order chi connectivity index (χ0) is 13.5. The van der Waals surface area contributed by atoms with E-state index in [0.29, 0.717) is 18.9 Å². The molecular formula is C12H24N2O3. The third-order valence-electron chi connectivity index (χ3n) is 2.86. The second kappa shape index (κ2) is 7.27. The summed E-state index contributed by atoms with van der Waals surface area (Å²) in [5.41, 5.74) is -1.03. The number of amides is 1. The summed E-state index contributed by atoms with van der Waals surface area (Å²) in [6, 6.07) is 0.